The zero-order chi connectivity index (χ0) is 20.8. The van der Waals surface area contributed by atoms with Crippen LogP contribution in [0.5, 0.6) is 0 Å². The normalized spacial score (nSPS) is 11.1. The molecular formula is C25H20N2O2S. The first kappa shape index (κ1) is 19.7. The Hall–Kier alpha value is -3.57. The van der Waals surface area contributed by atoms with Crippen molar-refractivity contribution in [3.8, 4) is 5.69 Å². The molecule has 0 fully saturated rings. The van der Waals surface area contributed by atoms with E-state index in [1.807, 2.05) is 72.8 Å². The third-order valence-corrected chi connectivity index (χ3v) is 5.73. The molecule has 0 bridgehead atoms. The van der Waals surface area contributed by atoms with Gasteiger partial charge in [-0.25, -0.2) is 9.36 Å². The third kappa shape index (κ3) is 4.53. The molecule has 0 radical (unpaired) electrons. The zero-order valence-corrected chi connectivity index (χ0v) is 17.0. The topological polar surface area (TPSA) is 54.9 Å². The van der Waals surface area contributed by atoms with Crippen molar-refractivity contribution >= 4 is 23.9 Å². The van der Waals surface area contributed by atoms with Crippen molar-refractivity contribution in [2.24, 2.45) is 0 Å². The lowest BCUT2D eigenvalue weighted by Gasteiger charge is -2.10. The van der Waals surface area contributed by atoms with Gasteiger partial charge in [0.25, 0.3) is 5.56 Å². The quantitative estimate of drug-likeness (QED) is 0.454. The molecule has 3 aromatic carbocycles. The van der Waals surface area contributed by atoms with Crippen LogP contribution < -0.4 is 11.2 Å². The Morgan fingerprint density at radius 1 is 0.767 bits per heavy atom. The van der Waals surface area contributed by atoms with Gasteiger partial charge in [0.05, 0.1) is 16.3 Å². The van der Waals surface area contributed by atoms with Crippen LogP contribution >= 0.6 is 11.8 Å². The van der Waals surface area contributed by atoms with E-state index >= 15 is 0 Å². The minimum Gasteiger partial charge on any atom is -0.306 e. The predicted octanol–water partition coefficient (Wildman–Crippen LogP) is 4.99. The smallest absolute Gasteiger partial charge is 0.306 e. The maximum atomic E-state index is 13.3. The minimum atomic E-state index is -0.456. The molecule has 5 heteroatoms. The van der Waals surface area contributed by atoms with Gasteiger partial charge in [0.1, 0.15) is 0 Å². The summed E-state index contributed by atoms with van der Waals surface area (Å²) < 4.78 is 1.19. The number of hydrogen-bond donors (Lipinski definition) is 1. The summed E-state index contributed by atoms with van der Waals surface area (Å²) >= 11 is 1.42. The number of aromatic amines is 1. The van der Waals surface area contributed by atoms with Gasteiger partial charge in [0.15, 0.2) is 0 Å². The van der Waals surface area contributed by atoms with E-state index in [1.165, 1.54) is 16.3 Å². The van der Waals surface area contributed by atoms with Crippen LogP contribution in [0.15, 0.2) is 105 Å². The van der Waals surface area contributed by atoms with Crippen LogP contribution in [0.1, 0.15) is 16.8 Å². The fraction of sp³-hybridized carbons (Fsp3) is 0.0400. The molecule has 30 heavy (non-hydrogen) atoms. The Labute approximate surface area is 178 Å². The maximum Gasteiger partial charge on any atom is 0.333 e. The fourth-order valence-electron chi connectivity index (χ4n) is 3.08. The predicted molar refractivity (Wildman–Crippen MR) is 124 cm³/mol. The van der Waals surface area contributed by atoms with Crippen molar-refractivity contribution < 1.29 is 0 Å². The highest BCUT2D eigenvalue weighted by atomic mass is 32.2. The standard InChI is InChI=1S/C25H20N2O2S/c28-24-23(30-18-20-12-6-2-7-13-20)22(17-16-19-10-4-1-5-11-19)26-25(29)27(24)21-14-8-3-9-15-21/h1-17H,18H2,(H,26,29)/b17-16+. The van der Waals surface area contributed by atoms with Gasteiger partial charge in [-0.2, -0.15) is 0 Å². The van der Waals surface area contributed by atoms with Crippen molar-refractivity contribution in [1.29, 1.82) is 0 Å². The Morgan fingerprint density at radius 3 is 2.03 bits per heavy atom. The van der Waals surface area contributed by atoms with Gasteiger partial charge in [-0.15, -0.1) is 11.8 Å². The molecule has 0 atom stereocenters. The van der Waals surface area contributed by atoms with Crippen LogP contribution in [-0.2, 0) is 5.75 Å². The van der Waals surface area contributed by atoms with E-state index in [0.717, 1.165) is 11.1 Å². The minimum absolute atomic E-state index is 0.321. The van der Waals surface area contributed by atoms with Crippen molar-refractivity contribution in [3.63, 3.8) is 0 Å². The highest BCUT2D eigenvalue weighted by molar-refractivity contribution is 7.98. The fourth-order valence-corrected chi connectivity index (χ4v) is 4.07. The molecule has 0 unspecified atom stereocenters. The van der Waals surface area contributed by atoms with Gasteiger partial charge < -0.3 is 4.98 Å². The maximum absolute atomic E-state index is 13.3. The Bertz CT molecular complexity index is 1260. The summed E-state index contributed by atoms with van der Waals surface area (Å²) in [6.07, 6.45) is 3.69. The SMILES string of the molecule is O=c1[nH]c(/C=C/c2ccccc2)c(SCc2ccccc2)c(=O)n1-c1ccccc1. The largest absolute Gasteiger partial charge is 0.333 e. The molecule has 4 nitrogen and oxygen atoms in total. The molecule has 148 valence electrons. The first-order valence-electron chi connectivity index (χ1n) is 9.57. The monoisotopic (exact) mass is 412 g/mol. The van der Waals surface area contributed by atoms with E-state index in [9.17, 15) is 9.59 Å². The Morgan fingerprint density at radius 2 is 1.37 bits per heavy atom. The van der Waals surface area contributed by atoms with E-state index in [-0.39, 0.29) is 5.56 Å². The molecule has 0 aliphatic heterocycles. The van der Waals surface area contributed by atoms with Crippen LogP contribution in [0.4, 0.5) is 0 Å². The lowest BCUT2D eigenvalue weighted by Crippen LogP contribution is -2.35. The number of nitrogens with one attached hydrogen (secondary N) is 1. The highest BCUT2D eigenvalue weighted by Crippen LogP contribution is 2.23. The van der Waals surface area contributed by atoms with Gasteiger partial charge in [-0.05, 0) is 29.3 Å². The molecule has 0 amide bonds. The van der Waals surface area contributed by atoms with Crippen LogP contribution in [-0.4, -0.2) is 9.55 Å². The number of benzene rings is 3. The van der Waals surface area contributed by atoms with Crippen LogP contribution in [0.25, 0.3) is 17.8 Å². The van der Waals surface area contributed by atoms with Crippen molar-refractivity contribution in [1.82, 2.24) is 9.55 Å². The molecule has 1 heterocycles. The number of H-pyrrole nitrogens is 1. The zero-order valence-electron chi connectivity index (χ0n) is 16.2. The van der Waals surface area contributed by atoms with Crippen LogP contribution in [0.2, 0.25) is 0 Å². The van der Waals surface area contributed by atoms with Crippen molar-refractivity contribution in [2.75, 3.05) is 0 Å². The van der Waals surface area contributed by atoms with E-state index in [2.05, 4.69) is 4.98 Å². The number of thioether (sulfide) groups is 1. The molecule has 0 aliphatic rings. The molecule has 4 aromatic rings. The summed E-state index contributed by atoms with van der Waals surface area (Å²) in [5.74, 6) is 0.628. The number of para-hydroxylation sites is 1. The summed E-state index contributed by atoms with van der Waals surface area (Å²) in [6, 6.07) is 28.7. The Balaban J connectivity index is 1.79. The molecule has 0 saturated carbocycles. The number of aromatic nitrogens is 2. The summed E-state index contributed by atoms with van der Waals surface area (Å²) in [6.45, 7) is 0. The van der Waals surface area contributed by atoms with Crippen LogP contribution in [0.3, 0.4) is 0 Å². The molecule has 0 spiro atoms. The number of rotatable bonds is 6. The van der Waals surface area contributed by atoms with Crippen molar-refractivity contribution in [2.45, 2.75) is 10.6 Å². The third-order valence-electron chi connectivity index (χ3n) is 4.57. The molecule has 0 saturated heterocycles. The second-order valence-corrected chi connectivity index (χ2v) is 7.65. The van der Waals surface area contributed by atoms with E-state index in [1.54, 1.807) is 30.3 Å². The summed E-state index contributed by atoms with van der Waals surface area (Å²) in [5, 5.41) is 0. The van der Waals surface area contributed by atoms with Crippen molar-refractivity contribution in [3.05, 3.63) is 129 Å². The van der Waals surface area contributed by atoms with E-state index in [0.29, 0.717) is 22.0 Å². The molecule has 4 rings (SSSR count). The molecule has 0 aliphatic carbocycles. The van der Waals surface area contributed by atoms with Gasteiger partial charge in [0.2, 0.25) is 0 Å². The lowest BCUT2D eigenvalue weighted by molar-refractivity contribution is 0.832. The second kappa shape index (κ2) is 9.29. The van der Waals surface area contributed by atoms with Gasteiger partial charge in [-0.1, -0.05) is 84.9 Å². The van der Waals surface area contributed by atoms with E-state index < -0.39 is 5.69 Å². The number of nitrogens with zero attached hydrogens (tertiary/aromatic N) is 1. The average Bonchev–Trinajstić information content (AvgIpc) is 2.79. The second-order valence-electron chi connectivity index (χ2n) is 6.67. The molecule has 1 N–H and O–H groups in total. The molecular weight excluding hydrogens is 392 g/mol. The summed E-state index contributed by atoms with van der Waals surface area (Å²) in [7, 11) is 0. The average molecular weight is 413 g/mol. The van der Waals surface area contributed by atoms with Gasteiger partial charge >= 0.3 is 5.69 Å². The van der Waals surface area contributed by atoms with Gasteiger partial charge in [-0.3, -0.25) is 4.79 Å². The van der Waals surface area contributed by atoms with Crippen LogP contribution in [0, 0.1) is 0 Å². The summed E-state index contributed by atoms with van der Waals surface area (Å²) in [5.41, 5.74) is 2.38. The first-order chi connectivity index (χ1) is 14.7. The lowest BCUT2D eigenvalue weighted by atomic mass is 10.2. The summed E-state index contributed by atoms with van der Waals surface area (Å²) in [4.78, 5) is 29.5. The number of hydrogen-bond acceptors (Lipinski definition) is 3. The first-order valence-corrected chi connectivity index (χ1v) is 10.6. The Kier molecular flexibility index (Phi) is 6.11. The van der Waals surface area contributed by atoms with Gasteiger partial charge in [0, 0.05) is 5.75 Å². The highest BCUT2D eigenvalue weighted by Gasteiger charge is 2.14. The van der Waals surface area contributed by atoms with E-state index in [4.69, 9.17) is 0 Å². The molecule has 1 aromatic heterocycles.